The van der Waals surface area contributed by atoms with Crippen molar-refractivity contribution < 1.29 is 4.74 Å². The van der Waals surface area contributed by atoms with Crippen molar-refractivity contribution in [3.63, 3.8) is 0 Å². The predicted molar refractivity (Wildman–Crippen MR) is 106 cm³/mol. The highest BCUT2D eigenvalue weighted by molar-refractivity contribution is 6.29. The summed E-state index contributed by atoms with van der Waals surface area (Å²) in [6.45, 7) is 6.15. The SMILES string of the molecule is CN(c1ccnc(N2CCOCC2)n1)C1CCN(Cc2ccc(Cl)nc2)C1. The Morgan fingerprint density at radius 3 is 2.81 bits per heavy atom. The number of morpholine rings is 1. The van der Waals surface area contributed by atoms with E-state index in [4.69, 9.17) is 21.3 Å². The summed E-state index contributed by atoms with van der Waals surface area (Å²) in [7, 11) is 2.13. The summed E-state index contributed by atoms with van der Waals surface area (Å²) < 4.78 is 5.42. The van der Waals surface area contributed by atoms with Crippen LogP contribution >= 0.6 is 11.6 Å². The lowest BCUT2D eigenvalue weighted by atomic mass is 10.2. The molecular formula is C19H25ClN6O. The average molecular weight is 389 g/mol. The zero-order valence-electron chi connectivity index (χ0n) is 15.6. The van der Waals surface area contributed by atoms with E-state index in [0.717, 1.165) is 64.1 Å². The van der Waals surface area contributed by atoms with E-state index in [-0.39, 0.29) is 0 Å². The number of hydrogen-bond acceptors (Lipinski definition) is 7. The molecule has 1 atom stereocenters. The molecule has 0 spiro atoms. The third kappa shape index (κ3) is 4.48. The fourth-order valence-electron chi connectivity index (χ4n) is 3.67. The lowest BCUT2D eigenvalue weighted by Gasteiger charge is -2.29. The van der Waals surface area contributed by atoms with Crippen LogP contribution in [-0.4, -0.2) is 72.3 Å². The minimum atomic E-state index is 0.442. The molecule has 2 aromatic heterocycles. The highest BCUT2D eigenvalue weighted by Gasteiger charge is 2.27. The van der Waals surface area contributed by atoms with Gasteiger partial charge in [-0.05, 0) is 24.1 Å². The summed E-state index contributed by atoms with van der Waals surface area (Å²) in [6.07, 6.45) is 4.84. The van der Waals surface area contributed by atoms with E-state index in [1.807, 2.05) is 30.6 Å². The van der Waals surface area contributed by atoms with Gasteiger partial charge in [-0.3, -0.25) is 4.90 Å². The van der Waals surface area contributed by atoms with Crippen LogP contribution < -0.4 is 9.80 Å². The normalized spacial score (nSPS) is 20.8. The molecule has 27 heavy (non-hydrogen) atoms. The van der Waals surface area contributed by atoms with Gasteiger partial charge in [-0.1, -0.05) is 17.7 Å². The summed E-state index contributed by atoms with van der Waals surface area (Å²) in [5.41, 5.74) is 1.19. The molecule has 4 heterocycles. The van der Waals surface area contributed by atoms with Gasteiger partial charge in [-0.25, -0.2) is 9.97 Å². The van der Waals surface area contributed by atoms with Crippen LogP contribution in [0.25, 0.3) is 0 Å². The predicted octanol–water partition coefficient (Wildman–Crippen LogP) is 2.07. The Hall–Kier alpha value is -1.96. The molecule has 2 aliphatic rings. The summed E-state index contributed by atoms with van der Waals surface area (Å²) in [5.74, 6) is 1.77. The minimum absolute atomic E-state index is 0.442. The van der Waals surface area contributed by atoms with Crippen LogP contribution in [0.4, 0.5) is 11.8 Å². The molecule has 0 aliphatic carbocycles. The van der Waals surface area contributed by atoms with E-state index in [1.165, 1.54) is 5.56 Å². The van der Waals surface area contributed by atoms with Crippen molar-refractivity contribution in [3.05, 3.63) is 41.3 Å². The lowest BCUT2D eigenvalue weighted by molar-refractivity contribution is 0.122. The van der Waals surface area contributed by atoms with Gasteiger partial charge >= 0.3 is 0 Å². The lowest BCUT2D eigenvalue weighted by Crippen LogP contribution is -2.38. The standard InChI is InChI=1S/C19H25ClN6O/c1-24(18-4-6-21-19(23-18)26-8-10-27-11-9-26)16-5-7-25(14-16)13-15-2-3-17(20)22-12-15/h2-4,6,12,16H,5,7-11,13-14H2,1H3. The maximum Gasteiger partial charge on any atom is 0.227 e. The Morgan fingerprint density at radius 2 is 2.04 bits per heavy atom. The molecule has 0 N–H and O–H groups in total. The Bertz CT molecular complexity index is 752. The van der Waals surface area contributed by atoms with Gasteiger partial charge in [0, 0.05) is 58.2 Å². The highest BCUT2D eigenvalue weighted by Crippen LogP contribution is 2.23. The molecule has 0 amide bonds. The van der Waals surface area contributed by atoms with E-state index < -0.39 is 0 Å². The fraction of sp³-hybridized carbons (Fsp3) is 0.526. The van der Waals surface area contributed by atoms with E-state index in [2.05, 4.69) is 31.7 Å². The van der Waals surface area contributed by atoms with Crippen molar-refractivity contribution in [2.24, 2.45) is 0 Å². The second-order valence-corrected chi connectivity index (χ2v) is 7.48. The molecule has 144 valence electrons. The van der Waals surface area contributed by atoms with Crippen molar-refractivity contribution in [2.45, 2.75) is 19.0 Å². The Balaban J connectivity index is 1.38. The monoisotopic (exact) mass is 388 g/mol. The molecular weight excluding hydrogens is 364 g/mol. The first kappa shape index (κ1) is 18.4. The van der Waals surface area contributed by atoms with E-state index in [9.17, 15) is 0 Å². The molecule has 2 aliphatic heterocycles. The third-order valence-electron chi connectivity index (χ3n) is 5.27. The highest BCUT2D eigenvalue weighted by atomic mass is 35.5. The van der Waals surface area contributed by atoms with Crippen molar-refractivity contribution in [2.75, 3.05) is 56.2 Å². The molecule has 7 nitrogen and oxygen atoms in total. The van der Waals surface area contributed by atoms with Crippen LogP contribution in [0.3, 0.4) is 0 Å². The minimum Gasteiger partial charge on any atom is -0.378 e. The summed E-state index contributed by atoms with van der Waals surface area (Å²) in [5, 5.41) is 0.539. The number of anilines is 2. The molecule has 0 aromatic carbocycles. The van der Waals surface area contributed by atoms with Gasteiger partial charge in [0.25, 0.3) is 0 Å². The summed E-state index contributed by atoms with van der Waals surface area (Å²) in [4.78, 5) is 20.4. The van der Waals surface area contributed by atoms with Crippen molar-refractivity contribution in [1.29, 1.82) is 0 Å². The first-order chi connectivity index (χ1) is 13.2. The number of likely N-dealkylation sites (N-methyl/N-ethyl adjacent to an activating group) is 1. The van der Waals surface area contributed by atoms with Crippen LogP contribution in [0.5, 0.6) is 0 Å². The topological polar surface area (TPSA) is 57.6 Å². The largest absolute Gasteiger partial charge is 0.378 e. The second-order valence-electron chi connectivity index (χ2n) is 7.09. The van der Waals surface area contributed by atoms with Gasteiger partial charge in [0.05, 0.1) is 13.2 Å². The average Bonchev–Trinajstić information content (AvgIpc) is 3.18. The summed E-state index contributed by atoms with van der Waals surface area (Å²) >= 11 is 5.88. The number of nitrogens with zero attached hydrogens (tertiary/aromatic N) is 6. The number of pyridine rings is 1. The molecule has 8 heteroatoms. The second kappa shape index (κ2) is 8.37. The van der Waals surface area contributed by atoms with Gasteiger partial charge in [0.2, 0.25) is 5.95 Å². The third-order valence-corrected chi connectivity index (χ3v) is 5.50. The Morgan fingerprint density at radius 1 is 1.19 bits per heavy atom. The number of aromatic nitrogens is 3. The van der Waals surface area contributed by atoms with Crippen LogP contribution in [0.2, 0.25) is 5.15 Å². The molecule has 0 radical (unpaired) electrons. The molecule has 4 rings (SSSR count). The van der Waals surface area contributed by atoms with Gasteiger partial charge in [-0.15, -0.1) is 0 Å². The molecule has 2 saturated heterocycles. The fourth-order valence-corrected chi connectivity index (χ4v) is 3.78. The summed E-state index contributed by atoms with van der Waals surface area (Å²) in [6, 6.07) is 6.34. The van der Waals surface area contributed by atoms with Crippen LogP contribution in [0.15, 0.2) is 30.6 Å². The molecule has 0 saturated carbocycles. The van der Waals surface area contributed by atoms with Crippen LogP contribution in [0.1, 0.15) is 12.0 Å². The Kier molecular flexibility index (Phi) is 5.71. The number of ether oxygens (including phenoxy) is 1. The molecule has 2 fully saturated rings. The van der Waals surface area contributed by atoms with Gasteiger partial charge < -0.3 is 14.5 Å². The van der Waals surface area contributed by atoms with Crippen LogP contribution in [0, 0.1) is 0 Å². The zero-order valence-corrected chi connectivity index (χ0v) is 16.3. The van der Waals surface area contributed by atoms with Gasteiger partial charge in [0.1, 0.15) is 11.0 Å². The maximum atomic E-state index is 5.88. The number of likely N-dealkylation sites (tertiary alicyclic amines) is 1. The van der Waals surface area contributed by atoms with Crippen molar-refractivity contribution in [1.82, 2.24) is 19.9 Å². The van der Waals surface area contributed by atoms with Gasteiger partial charge in [0.15, 0.2) is 0 Å². The smallest absolute Gasteiger partial charge is 0.227 e. The van der Waals surface area contributed by atoms with Crippen molar-refractivity contribution >= 4 is 23.4 Å². The van der Waals surface area contributed by atoms with E-state index in [1.54, 1.807) is 0 Å². The quantitative estimate of drug-likeness (QED) is 0.727. The number of halogens is 1. The molecule has 1 unspecified atom stereocenters. The number of hydrogen-bond donors (Lipinski definition) is 0. The number of rotatable bonds is 5. The van der Waals surface area contributed by atoms with Crippen molar-refractivity contribution in [3.8, 4) is 0 Å². The first-order valence-electron chi connectivity index (χ1n) is 9.40. The van der Waals surface area contributed by atoms with Crippen LogP contribution in [-0.2, 0) is 11.3 Å². The first-order valence-corrected chi connectivity index (χ1v) is 9.78. The molecule has 2 aromatic rings. The van der Waals surface area contributed by atoms with E-state index >= 15 is 0 Å². The molecule has 0 bridgehead atoms. The Labute approximate surface area is 164 Å². The van der Waals surface area contributed by atoms with E-state index in [0.29, 0.717) is 11.2 Å². The zero-order chi connectivity index (χ0) is 18.6. The maximum absolute atomic E-state index is 5.88. The van der Waals surface area contributed by atoms with Gasteiger partial charge in [-0.2, -0.15) is 4.98 Å².